The molecule has 0 aliphatic carbocycles. The first kappa shape index (κ1) is 21.8. The van der Waals surface area contributed by atoms with Crippen LogP contribution in [0.25, 0.3) is 0 Å². The van der Waals surface area contributed by atoms with Crippen LogP contribution in [0.4, 0.5) is 0 Å². The smallest absolute Gasteiger partial charge is 0.223 e. The Hall–Kier alpha value is -2.95. The quantitative estimate of drug-likeness (QED) is 0.661. The summed E-state index contributed by atoms with van der Waals surface area (Å²) in [4.78, 5) is 40.8. The van der Waals surface area contributed by atoms with Crippen molar-refractivity contribution in [3.63, 3.8) is 0 Å². The van der Waals surface area contributed by atoms with Gasteiger partial charge in [0.1, 0.15) is 0 Å². The van der Waals surface area contributed by atoms with Gasteiger partial charge in [0.25, 0.3) is 0 Å². The molecule has 0 bridgehead atoms. The van der Waals surface area contributed by atoms with E-state index in [-0.39, 0.29) is 30.4 Å². The minimum Gasteiger partial charge on any atom is -0.339 e. The molecular weight excluding hydrogens is 376 g/mol. The molecule has 1 saturated heterocycles. The molecule has 0 saturated carbocycles. The van der Waals surface area contributed by atoms with Crippen molar-refractivity contribution in [2.24, 2.45) is 0 Å². The van der Waals surface area contributed by atoms with Gasteiger partial charge in [-0.1, -0.05) is 59.7 Å². The predicted molar refractivity (Wildman–Crippen MR) is 117 cm³/mol. The van der Waals surface area contributed by atoms with Crippen LogP contribution in [0, 0.1) is 13.8 Å². The second kappa shape index (κ2) is 10.2. The maximum absolute atomic E-state index is 12.5. The zero-order chi connectivity index (χ0) is 21.5. The topological polar surface area (TPSA) is 57.7 Å². The van der Waals surface area contributed by atoms with Crippen LogP contribution in [0.2, 0.25) is 0 Å². The van der Waals surface area contributed by atoms with Crippen molar-refractivity contribution in [2.45, 2.75) is 39.5 Å². The number of piperazine rings is 1. The molecular formula is C25H30N2O3. The standard InChI is InChI=1S/C25H30N2O3/c1-19-3-7-21(8-4-19)9-13-24(29)26-15-17-27(18-16-26)25(30)14-12-23(28)22-10-5-20(2)6-11-22/h3-8,10-11H,9,12-18H2,1-2H3. The highest BCUT2D eigenvalue weighted by Gasteiger charge is 2.24. The van der Waals surface area contributed by atoms with Gasteiger partial charge in [0.05, 0.1) is 0 Å². The Bertz CT molecular complexity index is 880. The van der Waals surface area contributed by atoms with Gasteiger partial charge in [0.15, 0.2) is 5.78 Å². The summed E-state index contributed by atoms with van der Waals surface area (Å²) in [7, 11) is 0. The van der Waals surface area contributed by atoms with Crippen LogP contribution in [-0.2, 0) is 16.0 Å². The van der Waals surface area contributed by atoms with E-state index in [1.54, 1.807) is 4.90 Å². The number of amides is 2. The summed E-state index contributed by atoms with van der Waals surface area (Å²) in [5.41, 5.74) is 4.14. The Morgan fingerprint density at radius 1 is 0.667 bits per heavy atom. The normalized spacial score (nSPS) is 13.9. The monoisotopic (exact) mass is 406 g/mol. The molecule has 30 heavy (non-hydrogen) atoms. The van der Waals surface area contributed by atoms with Crippen molar-refractivity contribution in [3.8, 4) is 0 Å². The third-order valence-corrected chi connectivity index (χ3v) is 5.67. The van der Waals surface area contributed by atoms with E-state index in [1.165, 1.54) is 11.1 Å². The van der Waals surface area contributed by atoms with Crippen LogP contribution in [0.1, 0.15) is 46.3 Å². The van der Waals surface area contributed by atoms with E-state index in [4.69, 9.17) is 0 Å². The highest BCUT2D eigenvalue weighted by molar-refractivity contribution is 5.98. The summed E-state index contributed by atoms with van der Waals surface area (Å²) in [5, 5.41) is 0. The summed E-state index contributed by atoms with van der Waals surface area (Å²) in [6.45, 7) is 6.22. The van der Waals surface area contributed by atoms with Crippen molar-refractivity contribution in [1.82, 2.24) is 9.80 Å². The lowest BCUT2D eigenvalue weighted by Crippen LogP contribution is -2.50. The van der Waals surface area contributed by atoms with E-state index in [2.05, 4.69) is 24.3 Å². The Morgan fingerprint density at radius 3 is 1.67 bits per heavy atom. The maximum Gasteiger partial charge on any atom is 0.223 e. The molecule has 158 valence electrons. The Kier molecular flexibility index (Phi) is 7.39. The Morgan fingerprint density at radius 2 is 1.13 bits per heavy atom. The molecule has 0 aromatic heterocycles. The fourth-order valence-corrected chi connectivity index (χ4v) is 3.63. The number of hydrogen-bond donors (Lipinski definition) is 0. The van der Waals surface area contributed by atoms with Gasteiger partial charge in [-0.3, -0.25) is 14.4 Å². The molecule has 1 heterocycles. The van der Waals surface area contributed by atoms with E-state index >= 15 is 0 Å². The van der Waals surface area contributed by atoms with E-state index in [9.17, 15) is 14.4 Å². The largest absolute Gasteiger partial charge is 0.339 e. The number of rotatable bonds is 7. The number of aryl methyl sites for hydroxylation is 3. The molecule has 2 aromatic rings. The zero-order valence-electron chi connectivity index (χ0n) is 17.9. The minimum atomic E-state index is -0.0118. The first-order valence-electron chi connectivity index (χ1n) is 10.6. The van der Waals surface area contributed by atoms with Crippen molar-refractivity contribution in [1.29, 1.82) is 0 Å². The molecule has 1 aliphatic heterocycles. The van der Waals surface area contributed by atoms with Crippen LogP contribution in [-0.4, -0.2) is 53.6 Å². The highest BCUT2D eigenvalue weighted by atomic mass is 16.2. The van der Waals surface area contributed by atoms with Gasteiger partial charge in [-0.15, -0.1) is 0 Å². The summed E-state index contributed by atoms with van der Waals surface area (Å²) in [5.74, 6) is 0.118. The molecule has 2 aromatic carbocycles. The fourth-order valence-electron chi connectivity index (χ4n) is 3.63. The number of Topliss-reactive ketones (excluding diaryl/α,β-unsaturated/α-hetero) is 1. The summed E-state index contributed by atoms with van der Waals surface area (Å²) in [6, 6.07) is 15.7. The molecule has 5 heteroatoms. The molecule has 2 amide bonds. The SMILES string of the molecule is Cc1ccc(CCC(=O)N2CCN(C(=O)CCC(=O)c3ccc(C)cc3)CC2)cc1. The summed E-state index contributed by atoms with van der Waals surface area (Å²) >= 11 is 0. The summed E-state index contributed by atoms with van der Waals surface area (Å²) < 4.78 is 0. The molecule has 1 aliphatic rings. The zero-order valence-corrected chi connectivity index (χ0v) is 17.9. The molecule has 0 unspecified atom stereocenters. The predicted octanol–water partition coefficient (Wildman–Crippen LogP) is 3.57. The minimum absolute atomic E-state index is 0.00623. The van der Waals surface area contributed by atoms with Crippen molar-refractivity contribution < 1.29 is 14.4 Å². The second-order valence-corrected chi connectivity index (χ2v) is 8.04. The number of ketones is 1. The van der Waals surface area contributed by atoms with E-state index in [0.29, 0.717) is 38.2 Å². The van der Waals surface area contributed by atoms with Crippen molar-refractivity contribution in [2.75, 3.05) is 26.2 Å². The lowest BCUT2D eigenvalue weighted by molar-refractivity contribution is -0.139. The van der Waals surface area contributed by atoms with Crippen LogP contribution in [0.15, 0.2) is 48.5 Å². The first-order valence-corrected chi connectivity index (χ1v) is 10.6. The van der Waals surface area contributed by atoms with Crippen LogP contribution in [0.5, 0.6) is 0 Å². The lowest BCUT2D eigenvalue weighted by atomic mass is 10.0. The van der Waals surface area contributed by atoms with Crippen LogP contribution in [0.3, 0.4) is 0 Å². The number of nitrogens with zero attached hydrogens (tertiary/aromatic N) is 2. The number of benzene rings is 2. The van der Waals surface area contributed by atoms with Crippen LogP contribution >= 0.6 is 0 Å². The van der Waals surface area contributed by atoms with Crippen molar-refractivity contribution in [3.05, 3.63) is 70.8 Å². The lowest BCUT2D eigenvalue weighted by Gasteiger charge is -2.35. The van der Waals surface area contributed by atoms with Gasteiger partial charge in [0.2, 0.25) is 11.8 Å². The molecule has 1 fully saturated rings. The third-order valence-electron chi connectivity index (χ3n) is 5.67. The first-order chi connectivity index (χ1) is 14.4. The Labute approximate surface area is 178 Å². The average Bonchev–Trinajstić information content (AvgIpc) is 2.77. The molecule has 0 N–H and O–H groups in total. The van der Waals surface area contributed by atoms with E-state index in [0.717, 1.165) is 12.0 Å². The fraction of sp³-hybridized carbons (Fsp3) is 0.400. The van der Waals surface area contributed by atoms with E-state index < -0.39 is 0 Å². The van der Waals surface area contributed by atoms with Gasteiger partial charge in [-0.25, -0.2) is 0 Å². The Balaban J connectivity index is 1.39. The maximum atomic E-state index is 12.5. The van der Waals surface area contributed by atoms with Gasteiger partial charge < -0.3 is 9.80 Å². The molecule has 3 rings (SSSR count). The molecule has 0 radical (unpaired) electrons. The number of hydrogen-bond acceptors (Lipinski definition) is 3. The van der Waals surface area contributed by atoms with Crippen LogP contribution < -0.4 is 0 Å². The van der Waals surface area contributed by atoms with Gasteiger partial charge in [0, 0.05) is 51.0 Å². The van der Waals surface area contributed by atoms with Gasteiger partial charge >= 0.3 is 0 Å². The average molecular weight is 407 g/mol. The van der Waals surface area contributed by atoms with Gasteiger partial charge in [-0.05, 0) is 25.8 Å². The number of carbonyl (C=O) groups is 3. The third kappa shape index (κ3) is 6.02. The molecule has 0 atom stereocenters. The second-order valence-electron chi connectivity index (χ2n) is 8.04. The molecule has 5 nitrogen and oxygen atoms in total. The summed E-state index contributed by atoms with van der Waals surface area (Å²) in [6.07, 6.45) is 1.66. The van der Waals surface area contributed by atoms with E-state index in [1.807, 2.05) is 43.0 Å². The van der Waals surface area contributed by atoms with Gasteiger partial charge in [-0.2, -0.15) is 0 Å². The number of carbonyl (C=O) groups excluding carboxylic acids is 3. The molecule has 0 spiro atoms. The highest BCUT2D eigenvalue weighted by Crippen LogP contribution is 2.12. The van der Waals surface area contributed by atoms with Crippen molar-refractivity contribution >= 4 is 17.6 Å².